The Morgan fingerprint density at radius 2 is 2.25 bits per heavy atom. The van der Waals surface area contributed by atoms with Gasteiger partial charge in [-0.1, -0.05) is 13.8 Å². The molecule has 2 atom stereocenters. The van der Waals surface area contributed by atoms with Gasteiger partial charge in [0.2, 0.25) is 0 Å². The Morgan fingerprint density at radius 3 is 2.90 bits per heavy atom. The molecule has 2 unspecified atom stereocenters. The van der Waals surface area contributed by atoms with Gasteiger partial charge in [0.15, 0.2) is 5.13 Å². The van der Waals surface area contributed by atoms with E-state index in [1.54, 1.807) is 0 Å². The van der Waals surface area contributed by atoms with Crippen LogP contribution in [0.1, 0.15) is 45.0 Å². The summed E-state index contributed by atoms with van der Waals surface area (Å²) in [6, 6.07) is 1.03. The average molecular weight is 296 g/mol. The summed E-state index contributed by atoms with van der Waals surface area (Å²) in [6.45, 7) is 14.5. The van der Waals surface area contributed by atoms with Gasteiger partial charge >= 0.3 is 0 Å². The second-order valence-corrected chi connectivity index (χ2v) is 6.69. The summed E-state index contributed by atoms with van der Waals surface area (Å²) in [6.07, 6.45) is 3.22. The van der Waals surface area contributed by atoms with Gasteiger partial charge in [0.25, 0.3) is 0 Å². The first-order valence-corrected chi connectivity index (χ1v) is 8.65. The van der Waals surface area contributed by atoms with Crippen molar-refractivity contribution in [3.8, 4) is 0 Å². The third kappa shape index (κ3) is 3.71. The molecule has 0 spiro atoms. The van der Waals surface area contributed by atoms with Gasteiger partial charge in [0.1, 0.15) is 0 Å². The molecule has 0 aliphatic carbocycles. The number of likely N-dealkylation sites (N-methyl/N-ethyl adjacent to an activating group) is 1. The van der Waals surface area contributed by atoms with Gasteiger partial charge in [0.05, 0.1) is 0 Å². The molecular formula is C15H28N4S. The zero-order chi connectivity index (χ0) is 14.5. The van der Waals surface area contributed by atoms with Gasteiger partial charge in [-0.15, -0.1) is 11.3 Å². The van der Waals surface area contributed by atoms with E-state index in [1.165, 1.54) is 16.4 Å². The number of hydrogen-bond acceptors (Lipinski definition) is 5. The highest BCUT2D eigenvalue weighted by atomic mass is 32.1. The van der Waals surface area contributed by atoms with Crippen molar-refractivity contribution < 1.29 is 0 Å². The van der Waals surface area contributed by atoms with Crippen LogP contribution in [-0.4, -0.2) is 48.6 Å². The van der Waals surface area contributed by atoms with Gasteiger partial charge in [0, 0.05) is 42.8 Å². The summed E-state index contributed by atoms with van der Waals surface area (Å²) in [4.78, 5) is 11.0. The fraction of sp³-hybridized carbons (Fsp3) is 0.800. The molecule has 114 valence electrons. The number of nitrogens with zero attached hydrogens (tertiary/aromatic N) is 3. The van der Waals surface area contributed by atoms with Crippen LogP contribution in [0.2, 0.25) is 0 Å². The highest BCUT2D eigenvalue weighted by molar-refractivity contribution is 7.15. The third-order valence-electron chi connectivity index (χ3n) is 4.08. The van der Waals surface area contributed by atoms with E-state index in [9.17, 15) is 0 Å². The zero-order valence-electron chi connectivity index (χ0n) is 13.2. The lowest BCUT2D eigenvalue weighted by molar-refractivity contribution is 0.199. The molecule has 0 amide bonds. The Morgan fingerprint density at radius 1 is 1.45 bits per heavy atom. The molecule has 1 aromatic rings. The molecule has 1 fully saturated rings. The number of thiazole rings is 1. The maximum atomic E-state index is 4.64. The molecule has 1 aromatic heterocycles. The average Bonchev–Trinajstić information content (AvgIpc) is 2.94. The Labute approximate surface area is 127 Å². The molecule has 0 aromatic carbocycles. The number of hydrogen-bond donors (Lipinski definition) is 1. The number of rotatable bonds is 6. The summed E-state index contributed by atoms with van der Waals surface area (Å²) in [7, 11) is 0. The fourth-order valence-corrected chi connectivity index (χ4v) is 3.70. The maximum absolute atomic E-state index is 4.64. The van der Waals surface area contributed by atoms with E-state index >= 15 is 0 Å². The van der Waals surface area contributed by atoms with E-state index in [4.69, 9.17) is 0 Å². The summed E-state index contributed by atoms with van der Waals surface area (Å²) >= 11 is 1.84. The van der Waals surface area contributed by atoms with Crippen molar-refractivity contribution in [2.75, 3.05) is 37.6 Å². The predicted octanol–water partition coefficient (Wildman–Crippen LogP) is 2.73. The molecule has 1 aliphatic heterocycles. The topological polar surface area (TPSA) is 31.4 Å². The van der Waals surface area contributed by atoms with E-state index in [-0.39, 0.29) is 0 Å². The standard InChI is InChI=1S/C15H28N4S/c1-5-7-16-13(4)14-10-17-15(20-14)19-9-8-18(6-2)12(3)11-19/h10,12-13,16H,5-9,11H2,1-4H3. The Balaban J connectivity index is 1.95. The van der Waals surface area contributed by atoms with Crippen LogP contribution in [0.3, 0.4) is 0 Å². The highest BCUT2D eigenvalue weighted by Crippen LogP contribution is 2.28. The summed E-state index contributed by atoms with van der Waals surface area (Å²) in [5, 5.41) is 4.72. The largest absolute Gasteiger partial charge is 0.345 e. The molecule has 0 radical (unpaired) electrons. The van der Waals surface area contributed by atoms with Gasteiger partial charge < -0.3 is 10.2 Å². The SMILES string of the molecule is CCCNC(C)c1cnc(N2CCN(CC)C(C)C2)s1. The van der Waals surface area contributed by atoms with Crippen molar-refractivity contribution in [1.82, 2.24) is 15.2 Å². The lowest BCUT2D eigenvalue weighted by Crippen LogP contribution is -2.51. The van der Waals surface area contributed by atoms with E-state index in [0.29, 0.717) is 12.1 Å². The molecule has 0 saturated carbocycles. The first kappa shape index (κ1) is 15.7. The first-order valence-electron chi connectivity index (χ1n) is 7.83. The van der Waals surface area contributed by atoms with E-state index in [2.05, 4.69) is 47.8 Å². The van der Waals surface area contributed by atoms with Crippen LogP contribution < -0.4 is 10.2 Å². The fourth-order valence-electron chi connectivity index (χ4n) is 2.72. The summed E-state index contributed by atoms with van der Waals surface area (Å²) < 4.78 is 0. The van der Waals surface area contributed by atoms with Crippen molar-refractivity contribution in [1.29, 1.82) is 0 Å². The lowest BCUT2D eigenvalue weighted by Gasteiger charge is -2.39. The van der Waals surface area contributed by atoms with Crippen LogP contribution in [0.25, 0.3) is 0 Å². The Bertz CT molecular complexity index is 406. The molecule has 1 aliphatic rings. The van der Waals surface area contributed by atoms with E-state index in [1.807, 2.05) is 17.5 Å². The molecule has 5 heteroatoms. The van der Waals surface area contributed by atoms with Gasteiger partial charge in [-0.2, -0.15) is 0 Å². The molecule has 20 heavy (non-hydrogen) atoms. The second-order valence-electron chi connectivity index (χ2n) is 5.64. The number of nitrogens with one attached hydrogen (secondary N) is 1. The minimum atomic E-state index is 0.413. The molecule has 0 bridgehead atoms. The minimum Gasteiger partial charge on any atom is -0.345 e. The molecule has 2 rings (SSSR count). The summed E-state index contributed by atoms with van der Waals surface area (Å²) in [5.74, 6) is 0. The number of anilines is 1. The zero-order valence-corrected chi connectivity index (χ0v) is 14.0. The van der Waals surface area contributed by atoms with Crippen molar-refractivity contribution >= 4 is 16.5 Å². The molecule has 1 saturated heterocycles. The third-order valence-corrected chi connectivity index (χ3v) is 5.32. The minimum absolute atomic E-state index is 0.413. The van der Waals surface area contributed by atoms with Crippen LogP contribution in [0.5, 0.6) is 0 Å². The van der Waals surface area contributed by atoms with Crippen LogP contribution >= 0.6 is 11.3 Å². The van der Waals surface area contributed by atoms with Crippen LogP contribution in [0, 0.1) is 0 Å². The Hall–Kier alpha value is -0.650. The summed E-state index contributed by atoms with van der Waals surface area (Å²) in [5.41, 5.74) is 0. The molecular weight excluding hydrogens is 268 g/mol. The second kappa shape index (κ2) is 7.38. The molecule has 2 heterocycles. The molecule has 1 N–H and O–H groups in total. The maximum Gasteiger partial charge on any atom is 0.185 e. The molecule has 4 nitrogen and oxygen atoms in total. The lowest BCUT2D eigenvalue weighted by atomic mass is 10.2. The number of aromatic nitrogens is 1. The highest BCUT2D eigenvalue weighted by Gasteiger charge is 2.24. The monoisotopic (exact) mass is 296 g/mol. The predicted molar refractivity (Wildman–Crippen MR) is 87.7 cm³/mol. The van der Waals surface area contributed by atoms with Crippen LogP contribution in [-0.2, 0) is 0 Å². The van der Waals surface area contributed by atoms with Gasteiger partial charge in [-0.05, 0) is 33.4 Å². The normalized spacial score (nSPS) is 22.2. The van der Waals surface area contributed by atoms with Gasteiger partial charge in [-0.25, -0.2) is 4.98 Å². The van der Waals surface area contributed by atoms with Crippen molar-refractivity contribution in [3.05, 3.63) is 11.1 Å². The van der Waals surface area contributed by atoms with Crippen molar-refractivity contribution in [2.45, 2.75) is 46.2 Å². The van der Waals surface area contributed by atoms with Crippen LogP contribution in [0.15, 0.2) is 6.20 Å². The first-order chi connectivity index (χ1) is 9.65. The Kier molecular flexibility index (Phi) is 5.81. The smallest absolute Gasteiger partial charge is 0.185 e. The van der Waals surface area contributed by atoms with E-state index < -0.39 is 0 Å². The quantitative estimate of drug-likeness (QED) is 0.874. The van der Waals surface area contributed by atoms with E-state index in [0.717, 1.165) is 32.7 Å². The number of piperazine rings is 1. The van der Waals surface area contributed by atoms with Crippen LogP contribution in [0.4, 0.5) is 5.13 Å². The van der Waals surface area contributed by atoms with Crippen molar-refractivity contribution in [2.24, 2.45) is 0 Å². The van der Waals surface area contributed by atoms with Crippen molar-refractivity contribution in [3.63, 3.8) is 0 Å². The van der Waals surface area contributed by atoms with Gasteiger partial charge in [-0.3, -0.25) is 4.90 Å².